The van der Waals surface area contributed by atoms with Gasteiger partial charge in [0.05, 0.1) is 55.6 Å². The molecule has 4 heterocycles. The molecule has 8 fully saturated rings. The fraction of sp³-hybridized carbons (Fsp3) is 0.907. The number of carbonyl (C=O) groups is 3. The van der Waals surface area contributed by atoms with Gasteiger partial charge in [0.1, 0.15) is 73.8 Å². The largest absolute Gasteiger partial charge is 0.479 e. The Bertz CT molecular complexity index is 2230. The highest BCUT2D eigenvalue weighted by atomic mass is 16.8. The van der Waals surface area contributed by atoms with E-state index in [9.17, 15) is 70.6 Å². The van der Waals surface area contributed by atoms with Gasteiger partial charge in [0, 0.05) is 12.3 Å². The molecule has 4 saturated carbocycles. The first kappa shape index (κ1) is 59.1. The van der Waals surface area contributed by atoms with E-state index in [1.807, 2.05) is 6.92 Å². The maximum absolute atomic E-state index is 13.6. The molecule has 28 atom stereocenters. The molecule has 0 amide bonds. The molecule has 23 heteroatoms. The van der Waals surface area contributed by atoms with E-state index in [0.29, 0.717) is 44.9 Å². The van der Waals surface area contributed by atoms with Gasteiger partial charge in [-0.05, 0) is 98.2 Å². The van der Waals surface area contributed by atoms with Gasteiger partial charge >= 0.3 is 17.9 Å². The van der Waals surface area contributed by atoms with Crippen LogP contribution in [0.25, 0.3) is 0 Å². The number of aliphatic hydroxyl groups excluding tert-OH is 10. The number of carboxylic acids is 1. The van der Waals surface area contributed by atoms with Crippen molar-refractivity contribution in [3.05, 3.63) is 11.6 Å². The summed E-state index contributed by atoms with van der Waals surface area (Å²) in [5.74, 6) is -3.82. The zero-order valence-corrected chi connectivity index (χ0v) is 45.5. The Morgan fingerprint density at radius 1 is 0.753 bits per heavy atom. The lowest BCUT2D eigenvalue weighted by molar-refractivity contribution is -0.387. The number of hydrogen-bond acceptors (Lipinski definition) is 22. The molecule has 11 N–H and O–H groups in total. The monoisotopic (exact) mass is 1100 g/mol. The summed E-state index contributed by atoms with van der Waals surface area (Å²) in [6, 6.07) is 0. The Labute approximate surface area is 448 Å². The third kappa shape index (κ3) is 9.25. The van der Waals surface area contributed by atoms with Crippen molar-refractivity contribution in [2.75, 3.05) is 26.4 Å². The van der Waals surface area contributed by atoms with Crippen LogP contribution < -0.4 is 0 Å². The molecule has 438 valence electrons. The first-order chi connectivity index (χ1) is 36.0. The van der Waals surface area contributed by atoms with Crippen LogP contribution in [0.1, 0.15) is 107 Å². The van der Waals surface area contributed by atoms with E-state index in [1.54, 1.807) is 13.8 Å². The van der Waals surface area contributed by atoms with Crippen LogP contribution in [0.2, 0.25) is 0 Å². The van der Waals surface area contributed by atoms with E-state index in [4.69, 9.17) is 42.6 Å². The van der Waals surface area contributed by atoms with Gasteiger partial charge in [-0.3, -0.25) is 9.59 Å². The molecule has 77 heavy (non-hydrogen) atoms. The molecular weight excluding hydrogens is 1020 g/mol. The molecule has 4 aliphatic heterocycles. The van der Waals surface area contributed by atoms with Crippen LogP contribution in [0.3, 0.4) is 0 Å². The van der Waals surface area contributed by atoms with Crippen LogP contribution in [0.5, 0.6) is 0 Å². The van der Waals surface area contributed by atoms with Crippen LogP contribution in [0.4, 0.5) is 0 Å². The standard InChI is InChI=1S/C54H84O23/c1-22(23(2)71-24(3)57)45(68)70-21-54-26-16-49(4,5)43(42(54)65)73-32(54)17-53(9)25(26)10-11-30-50(6)14-13-31(51(7,20-56)29(50)12-15-52(30,53)8)74-48-40(76-46-36(62)33(59)27(58)19-69-46)38(64)39(41(77-48)44(66)67)75-47-37(63)35(61)34(60)28(18-55)72-47/h10,22-23,26-43,46-48,55-56,58-65H,11-21H2,1-9H3,(H,66,67)/t22?,23?,26?,27-,28-,29?,30?,31?,32?,33+,34-,35+,36-,37-,38+,39+,40-,41?,42?,43?,46+,47-,48-,50?,51?,52?,53?,54?/m1/s1. The van der Waals surface area contributed by atoms with E-state index in [0.717, 1.165) is 0 Å². The molecule has 15 unspecified atom stereocenters. The van der Waals surface area contributed by atoms with Crippen molar-refractivity contribution in [3.63, 3.8) is 0 Å². The Kier molecular flexibility index (Phi) is 16.1. The number of fused-ring (bicyclic) bond motifs is 7. The highest BCUT2D eigenvalue weighted by Crippen LogP contribution is 2.77. The van der Waals surface area contributed by atoms with E-state index < -0.39 is 181 Å². The minimum atomic E-state index is -2.09. The van der Waals surface area contributed by atoms with Gasteiger partial charge in [0.15, 0.2) is 25.0 Å². The SMILES string of the molecule is CC(=O)OC(C)C(C)C(=O)OCC12C3CC4(C)C(=CCC5C6(C)CCC(O[C@@H]7OC(C(=O)O)[C@@H](O[C@H]8O[C@H](CO)[C@@H](O)[C@H](O)[C@H]8O)[C@H](O)[C@H]7O[C@@H]7OC[C@@H](O)[C@H](O)[C@H]7O)C(C)(CO)C6CCC54C)C1CC(C)(C)C(O3)C2O. The average Bonchev–Trinajstić information content (AvgIpc) is 3.95. The first-order valence-corrected chi connectivity index (χ1v) is 27.4. The number of allylic oxidation sites excluding steroid dienone is 2. The molecule has 9 aliphatic rings. The van der Waals surface area contributed by atoms with Gasteiger partial charge in [-0.1, -0.05) is 53.2 Å². The Morgan fingerprint density at radius 3 is 2.08 bits per heavy atom. The summed E-state index contributed by atoms with van der Waals surface area (Å²) in [7, 11) is 0. The maximum atomic E-state index is 13.6. The fourth-order valence-corrected chi connectivity index (χ4v) is 16.5. The smallest absolute Gasteiger partial charge is 0.335 e. The average molecular weight is 1100 g/mol. The lowest BCUT2D eigenvalue weighted by Gasteiger charge is -2.71. The predicted octanol–water partition coefficient (Wildman–Crippen LogP) is -0.586. The van der Waals surface area contributed by atoms with Gasteiger partial charge in [-0.15, -0.1) is 0 Å². The summed E-state index contributed by atoms with van der Waals surface area (Å²) >= 11 is 0. The molecular formula is C54H84O23. The number of carbonyl (C=O) groups excluding carboxylic acids is 2. The number of esters is 2. The lowest BCUT2D eigenvalue weighted by atomic mass is 9.33. The van der Waals surface area contributed by atoms with Crippen molar-refractivity contribution in [1.29, 1.82) is 0 Å². The molecule has 0 radical (unpaired) electrons. The molecule has 0 aromatic heterocycles. The summed E-state index contributed by atoms with van der Waals surface area (Å²) in [5.41, 5.74) is -2.40. The minimum absolute atomic E-state index is 0.0482. The van der Waals surface area contributed by atoms with Crippen LogP contribution in [0, 0.1) is 56.2 Å². The molecule has 23 nitrogen and oxygen atoms in total. The molecule has 4 saturated heterocycles. The van der Waals surface area contributed by atoms with Gasteiger partial charge in [-0.25, -0.2) is 4.79 Å². The van der Waals surface area contributed by atoms with Crippen molar-refractivity contribution in [2.45, 2.75) is 224 Å². The molecule has 0 aromatic rings. The molecule has 0 spiro atoms. The topological polar surface area (TPSA) is 357 Å². The number of ether oxygens (including phenoxy) is 9. The second kappa shape index (κ2) is 21.0. The molecule has 5 aliphatic carbocycles. The van der Waals surface area contributed by atoms with E-state index in [1.165, 1.54) is 12.5 Å². The number of hydrogen-bond donors (Lipinski definition) is 11. The number of aliphatic carboxylic acids is 1. The summed E-state index contributed by atoms with van der Waals surface area (Å²) < 4.78 is 54.3. The third-order valence-electron chi connectivity index (χ3n) is 21.3. The Hall–Kier alpha value is -2.53. The normalized spacial score (nSPS) is 51.7. The number of aliphatic hydroxyl groups is 10. The minimum Gasteiger partial charge on any atom is -0.479 e. The van der Waals surface area contributed by atoms with Crippen LogP contribution in [-0.4, -0.2) is 217 Å². The predicted molar refractivity (Wildman–Crippen MR) is 261 cm³/mol. The summed E-state index contributed by atoms with van der Waals surface area (Å²) in [4.78, 5) is 38.4. The third-order valence-corrected chi connectivity index (χ3v) is 21.3. The van der Waals surface area contributed by atoms with Gasteiger partial charge in [-0.2, -0.15) is 0 Å². The van der Waals surface area contributed by atoms with Crippen LogP contribution in [0.15, 0.2) is 11.6 Å². The summed E-state index contributed by atoms with van der Waals surface area (Å²) in [5, 5.41) is 120. The van der Waals surface area contributed by atoms with Crippen molar-refractivity contribution >= 4 is 17.9 Å². The summed E-state index contributed by atoms with van der Waals surface area (Å²) in [6.45, 7) is 15.8. The fourth-order valence-electron chi connectivity index (χ4n) is 16.5. The van der Waals surface area contributed by atoms with Crippen molar-refractivity contribution in [2.24, 2.45) is 56.2 Å². The van der Waals surface area contributed by atoms with Crippen molar-refractivity contribution in [3.8, 4) is 0 Å². The summed E-state index contributed by atoms with van der Waals surface area (Å²) in [6.07, 6.45) is -22.8. The highest BCUT2D eigenvalue weighted by molar-refractivity contribution is 5.74. The zero-order valence-electron chi connectivity index (χ0n) is 45.5. The van der Waals surface area contributed by atoms with E-state index >= 15 is 0 Å². The van der Waals surface area contributed by atoms with Gasteiger partial charge in [0.2, 0.25) is 0 Å². The Balaban J connectivity index is 0.998. The van der Waals surface area contributed by atoms with Crippen molar-refractivity contribution < 1.29 is 113 Å². The Morgan fingerprint density at radius 2 is 1.43 bits per heavy atom. The number of carboxylic acid groups (broad SMARTS) is 1. The second-order valence-corrected chi connectivity index (χ2v) is 25.8. The van der Waals surface area contributed by atoms with Crippen LogP contribution >= 0.6 is 0 Å². The molecule has 0 aromatic carbocycles. The lowest BCUT2D eigenvalue weighted by Crippen LogP contribution is -2.69. The van der Waals surface area contributed by atoms with Crippen molar-refractivity contribution in [1.82, 2.24) is 0 Å². The first-order valence-electron chi connectivity index (χ1n) is 27.4. The quantitative estimate of drug-likeness (QED) is 0.0588. The van der Waals surface area contributed by atoms with E-state index in [2.05, 4.69) is 40.7 Å². The van der Waals surface area contributed by atoms with E-state index in [-0.39, 0.29) is 36.4 Å². The number of rotatable bonds is 14. The highest BCUT2D eigenvalue weighted by Gasteiger charge is 2.76. The van der Waals surface area contributed by atoms with Crippen LogP contribution in [-0.2, 0) is 57.0 Å². The maximum Gasteiger partial charge on any atom is 0.335 e. The zero-order chi connectivity index (χ0) is 56.4. The molecule has 9 rings (SSSR count). The second-order valence-electron chi connectivity index (χ2n) is 25.8. The molecule has 2 bridgehead atoms. The van der Waals surface area contributed by atoms with Gasteiger partial charge < -0.3 is 98.8 Å². The van der Waals surface area contributed by atoms with Gasteiger partial charge in [0.25, 0.3) is 0 Å².